The normalized spacial score (nSPS) is 14.5. The Hall–Kier alpha value is -1.38. The van der Waals surface area contributed by atoms with Gasteiger partial charge in [-0.1, -0.05) is 6.08 Å². The lowest BCUT2D eigenvalue weighted by Gasteiger charge is -1.96. The number of H-pyrrole nitrogens is 1. The molecule has 2 heterocycles. The molecule has 0 amide bonds. The van der Waals surface area contributed by atoms with Gasteiger partial charge in [-0.3, -0.25) is 9.79 Å². The molecule has 0 saturated heterocycles. The minimum Gasteiger partial charge on any atom is -0.307 e. The number of nitrogens with one attached hydrogen (secondary N) is 1. The summed E-state index contributed by atoms with van der Waals surface area (Å²) in [6, 6.07) is 3.33. The fourth-order valence-corrected chi connectivity index (χ4v) is 1.17. The van der Waals surface area contributed by atoms with E-state index in [0.29, 0.717) is 0 Å². The van der Waals surface area contributed by atoms with E-state index in [1.807, 2.05) is 0 Å². The topological polar surface area (TPSA) is 45.2 Å². The van der Waals surface area contributed by atoms with Crippen molar-refractivity contribution in [3.05, 3.63) is 33.2 Å². The monoisotopic (exact) mass is 148 g/mol. The third kappa shape index (κ3) is 1.09. The summed E-state index contributed by atoms with van der Waals surface area (Å²) in [6.07, 6.45) is 3.05. The third-order valence-corrected chi connectivity index (χ3v) is 1.69. The Kier molecular flexibility index (Phi) is 1.35. The molecule has 3 heteroatoms. The molecule has 0 fully saturated rings. The number of pyridine rings is 1. The Morgan fingerprint density at radius 1 is 1.45 bits per heavy atom. The van der Waals surface area contributed by atoms with Crippen LogP contribution in [0.5, 0.6) is 0 Å². The zero-order valence-electron chi connectivity index (χ0n) is 6.00. The second kappa shape index (κ2) is 2.34. The summed E-state index contributed by atoms with van der Waals surface area (Å²) in [6.45, 7) is 0.785. The largest absolute Gasteiger partial charge is 0.307 e. The molecule has 0 saturated carbocycles. The van der Waals surface area contributed by atoms with Gasteiger partial charge in [-0.05, 0) is 12.5 Å². The first-order valence-electron chi connectivity index (χ1n) is 3.60. The molecule has 0 atom stereocenters. The number of rotatable bonds is 0. The van der Waals surface area contributed by atoms with Crippen LogP contribution < -0.4 is 16.3 Å². The fraction of sp³-hybridized carbons (Fsp3) is 0.250. The highest BCUT2D eigenvalue weighted by atomic mass is 16.1. The van der Waals surface area contributed by atoms with Crippen molar-refractivity contribution in [3.63, 3.8) is 0 Å². The van der Waals surface area contributed by atoms with Gasteiger partial charge in [-0.2, -0.15) is 0 Å². The Morgan fingerprint density at radius 3 is 3.27 bits per heavy atom. The Bertz CT molecular complexity index is 430. The van der Waals surface area contributed by atoms with E-state index in [1.54, 1.807) is 6.07 Å². The molecule has 1 aliphatic heterocycles. The summed E-state index contributed by atoms with van der Waals surface area (Å²) in [5, 5.41) is 1.04. The molecule has 0 aromatic carbocycles. The van der Waals surface area contributed by atoms with Crippen molar-refractivity contribution in [2.45, 2.75) is 6.42 Å². The van der Waals surface area contributed by atoms with Gasteiger partial charge >= 0.3 is 0 Å². The molecule has 0 aliphatic carbocycles. The molecule has 2 rings (SSSR count). The highest BCUT2D eigenvalue weighted by molar-refractivity contribution is 5.22. The van der Waals surface area contributed by atoms with E-state index >= 15 is 0 Å². The highest BCUT2D eigenvalue weighted by Gasteiger charge is 1.92. The Balaban J connectivity index is 2.90. The Labute approximate surface area is 63.1 Å². The molecular formula is C8H8N2O. The van der Waals surface area contributed by atoms with Crippen molar-refractivity contribution >= 4 is 6.08 Å². The van der Waals surface area contributed by atoms with Gasteiger partial charge in [0.2, 0.25) is 5.56 Å². The van der Waals surface area contributed by atoms with Gasteiger partial charge in [0, 0.05) is 17.8 Å². The molecule has 0 unspecified atom stereocenters. The predicted molar refractivity (Wildman–Crippen MR) is 41.8 cm³/mol. The second-order valence-electron chi connectivity index (χ2n) is 2.50. The van der Waals surface area contributed by atoms with Crippen LogP contribution in [0.1, 0.15) is 6.42 Å². The highest BCUT2D eigenvalue weighted by Crippen LogP contribution is 1.82. The van der Waals surface area contributed by atoms with E-state index < -0.39 is 0 Å². The van der Waals surface area contributed by atoms with Crippen LogP contribution in [0.4, 0.5) is 0 Å². The van der Waals surface area contributed by atoms with E-state index in [2.05, 4.69) is 16.1 Å². The van der Waals surface area contributed by atoms with Crippen LogP contribution in [-0.4, -0.2) is 11.5 Å². The minimum absolute atomic E-state index is 0.0807. The number of fused-ring (bicyclic) bond motifs is 1. The van der Waals surface area contributed by atoms with E-state index in [0.717, 1.165) is 23.7 Å². The molecule has 3 nitrogen and oxygen atoms in total. The zero-order valence-corrected chi connectivity index (χ0v) is 6.00. The van der Waals surface area contributed by atoms with Crippen molar-refractivity contribution in [1.82, 2.24) is 4.98 Å². The molecular weight excluding hydrogens is 140 g/mol. The SMILES string of the molecule is O=c1ccc2c([nH]1)=NCCC=2. The zero-order chi connectivity index (χ0) is 7.68. The first-order valence-corrected chi connectivity index (χ1v) is 3.60. The van der Waals surface area contributed by atoms with Crippen molar-refractivity contribution in [2.75, 3.05) is 6.54 Å². The first-order chi connectivity index (χ1) is 5.36. The number of aromatic amines is 1. The molecule has 56 valence electrons. The van der Waals surface area contributed by atoms with Crippen molar-refractivity contribution in [2.24, 2.45) is 4.99 Å². The van der Waals surface area contributed by atoms with E-state index in [4.69, 9.17) is 0 Å². The first kappa shape index (κ1) is 6.34. The molecule has 1 aromatic rings. The summed E-state index contributed by atoms with van der Waals surface area (Å²) in [5.74, 6) is 0. The van der Waals surface area contributed by atoms with E-state index in [9.17, 15) is 4.79 Å². The van der Waals surface area contributed by atoms with Crippen LogP contribution in [-0.2, 0) is 0 Å². The molecule has 0 radical (unpaired) electrons. The summed E-state index contributed by atoms with van der Waals surface area (Å²) in [4.78, 5) is 17.7. The second-order valence-corrected chi connectivity index (χ2v) is 2.50. The molecule has 1 aromatic heterocycles. The molecule has 0 bridgehead atoms. The third-order valence-electron chi connectivity index (χ3n) is 1.69. The molecule has 0 spiro atoms. The molecule has 1 N–H and O–H groups in total. The summed E-state index contributed by atoms with van der Waals surface area (Å²) >= 11 is 0. The van der Waals surface area contributed by atoms with Crippen LogP contribution >= 0.6 is 0 Å². The van der Waals surface area contributed by atoms with Crippen LogP contribution in [0, 0.1) is 0 Å². The minimum atomic E-state index is -0.0807. The van der Waals surface area contributed by atoms with Crippen LogP contribution in [0.3, 0.4) is 0 Å². The smallest absolute Gasteiger partial charge is 0.249 e. The van der Waals surface area contributed by atoms with Crippen molar-refractivity contribution in [3.8, 4) is 0 Å². The fourth-order valence-electron chi connectivity index (χ4n) is 1.17. The van der Waals surface area contributed by atoms with Gasteiger partial charge in [0.1, 0.15) is 5.49 Å². The van der Waals surface area contributed by atoms with E-state index in [-0.39, 0.29) is 5.56 Å². The maximum absolute atomic E-state index is 10.8. The van der Waals surface area contributed by atoms with Gasteiger partial charge in [-0.15, -0.1) is 0 Å². The molecule has 1 aliphatic rings. The number of nitrogens with zero attached hydrogens (tertiary/aromatic N) is 1. The predicted octanol–water partition coefficient (Wildman–Crippen LogP) is -0.821. The van der Waals surface area contributed by atoms with Gasteiger partial charge in [0.15, 0.2) is 0 Å². The number of hydrogen-bond acceptors (Lipinski definition) is 2. The maximum Gasteiger partial charge on any atom is 0.249 e. The van der Waals surface area contributed by atoms with Crippen LogP contribution in [0.15, 0.2) is 21.9 Å². The lowest BCUT2D eigenvalue weighted by Crippen LogP contribution is -2.35. The average molecular weight is 148 g/mol. The quantitative estimate of drug-likeness (QED) is 0.513. The summed E-state index contributed by atoms with van der Waals surface area (Å²) in [7, 11) is 0. The maximum atomic E-state index is 10.8. The standard InChI is InChI=1S/C8H8N2O/c11-7-4-3-6-2-1-5-9-8(6)10-7/h2-4H,1,5H2,(H,9,10,11). The lowest BCUT2D eigenvalue weighted by molar-refractivity contribution is 0.908. The van der Waals surface area contributed by atoms with Crippen molar-refractivity contribution < 1.29 is 0 Å². The average Bonchev–Trinajstić information content (AvgIpc) is 2.04. The van der Waals surface area contributed by atoms with Crippen LogP contribution in [0.25, 0.3) is 6.08 Å². The van der Waals surface area contributed by atoms with E-state index in [1.165, 1.54) is 6.07 Å². The molecule has 11 heavy (non-hydrogen) atoms. The van der Waals surface area contributed by atoms with Gasteiger partial charge in [0.25, 0.3) is 0 Å². The number of hydrogen-bond donors (Lipinski definition) is 1. The summed E-state index contributed by atoms with van der Waals surface area (Å²) in [5.41, 5.74) is 0.645. The van der Waals surface area contributed by atoms with Crippen LogP contribution in [0.2, 0.25) is 0 Å². The van der Waals surface area contributed by atoms with Gasteiger partial charge < -0.3 is 4.98 Å². The Morgan fingerprint density at radius 2 is 2.36 bits per heavy atom. The van der Waals surface area contributed by atoms with Gasteiger partial charge in [0.05, 0.1) is 0 Å². The van der Waals surface area contributed by atoms with Crippen molar-refractivity contribution in [1.29, 1.82) is 0 Å². The van der Waals surface area contributed by atoms with Gasteiger partial charge in [-0.25, -0.2) is 0 Å². The lowest BCUT2D eigenvalue weighted by atomic mass is 10.2. The summed E-state index contributed by atoms with van der Waals surface area (Å²) < 4.78 is 0. The number of aromatic nitrogens is 1.